The van der Waals surface area contributed by atoms with Crippen LogP contribution in [-0.2, 0) is 11.0 Å². The first-order valence-electron chi connectivity index (χ1n) is 6.94. The molecule has 2 aromatic rings. The van der Waals surface area contributed by atoms with Crippen LogP contribution in [0.5, 0.6) is 5.75 Å². The number of carbonyl (C=O) groups excluding carboxylic acids is 1. The molecular weight excluding hydrogens is 380 g/mol. The zero-order valence-corrected chi connectivity index (χ0v) is 14.4. The first-order chi connectivity index (χ1) is 11.7. The van der Waals surface area contributed by atoms with Crippen LogP contribution in [0.1, 0.15) is 5.56 Å². The zero-order chi connectivity index (χ0) is 18.6. The summed E-state index contributed by atoms with van der Waals surface area (Å²) >= 11 is 11.8. The lowest BCUT2D eigenvalue weighted by Crippen LogP contribution is -2.22. The van der Waals surface area contributed by atoms with E-state index in [1.165, 1.54) is 7.11 Å². The van der Waals surface area contributed by atoms with Crippen molar-refractivity contribution < 1.29 is 22.7 Å². The van der Waals surface area contributed by atoms with Crippen LogP contribution in [0, 0.1) is 0 Å². The molecule has 2 aromatic carbocycles. The zero-order valence-electron chi connectivity index (χ0n) is 12.9. The number of halogens is 5. The molecule has 0 saturated heterocycles. The van der Waals surface area contributed by atoms with Crippen molar-refractivity contribution in [1.82, 2.24) is 0 Å². The SMILES string of the molecule is COc1ccc(NCC(=O)Nc2cc(C(F)(F)F)ccc2Cl)cc1Cl. The number of nitrogens with one attached hydrogen (secondary N) is 2. The highest BCUT2D eigenvalue weighted by Gasteiger charge is 2.31. The standard InChI is InChI=1S/C16H13Cl2F3N2O2/c1-25-14-5-3-10(7-12(14)18)22-8-15(24)23-13-6-9(16(19,20)21)2-4-11(13)17/h2-7,22H,8H2,1H3,(H,23,24). The van der Waals surface area contributed by atoms with Gasteiger partial charge in [0.15, 0.2) is 0 Å². The van der Waals surface area contributed by atoms with Crippen molar-refractivity contribution in [1.29, 1.82) is 0 Å². The maximum atomic E-state index is 12.7. The van der Waals surface area contributed by atoms with Crippen molar-refractivity contribution in [2.75, 3.05) is 24.3 Å². The Labute approximate surface area is 151 Å². The Kier molecular flexibility index (Phi) is 6.02. The van der Waals surface area contributed by atoms with E-state index in [0.717, 1.165) is 18.2 Å². The van der Waals surface area contributed by atoms with Gasteiger partial charge in [-0.2, -0.15) is 13.2 Å². The molecule has 0 fully saturated rings. The van der Waals surface area contributed by atoms with Gasteiger partial charge in [0.2, 0.25) is 5.91 Å². The summed E-state index contributed by atoms with van der Waals surface area (Å²) in [6.07, 6.45) is -4.53. The average Bonchev–Trinajstić information content (AvgIpc) is 2.54. The Morgan fingerprint density at radius 2 is 1.84 bits per heavy atom. The van der Waals surface area contributed by atoms with Gasteiger partial charge < -0.3 is 15.4 Å². The highest BCUT2D eigenvalue weighted by atomic mass is 35.5. The minimum absolute atomic E-state index is 0.00819. The molecule has 0 aromatic heterocycles. The number of benzene rings is 2. The van der Waals surface area contributed by atoms with Crippen molar-refractivity contribution in [3.63, 3.8) is 0 Å². The molecule has 0 bridgehead atoms. The molecule has 9 heteroatoms. The lowest BCUT2D eigenvalue weighted by molar-refractivity contribution is -0.137. The first kappa shape index (κ1) is 19.2. The number of amides is 1. The van der Waals surface area contributed by atoms with E-state index in [1.807, 2.05) is 0 Å². The number of hydrogen-bond acceptors (Lipinski definition) is 3. The van der Waals surface area contributed by atoms with Gasteiger partial charge in [0, 0.05) is 5.69 Å². The Bertz CT molecular complexity index is 782. The third-order valence-corrected chi connectivity index (χ3v) is 3.80. The highest BCUT2D eigenvalue weighted by Crippen LogP contribution is 2.33. The lowest BCUT2D eigenvalue weighted by Gasteiger charge is -2.12. The number of alkyl halides is 3. The van der Waals surface area contributed by atoms with Gasteiger partial charge in [-0.25, -0.2) is 0 Å². The van der Waals surface area contributed by atoms with Crippen molar-refractivity contribution >= 4 is 40.5 Å². The van der Waals surface area contributed by atoms with Crippen LogP contribution in [0.4, 0.5) is 24.5 Å². The fraction of sp³-hybridized carbons (Fsp3) is 0.188. The Hall–Kier alpha value is -2.12. The van der Waals surface area contributed by atoms with E-state index in [2.05, 4.69) is 10.6 Å². The molecule has 134 valence electrons. The summed E-state index contributed by atoms with van der Waals surface area (Å²) in [6.45, 7) is -0.185. The summed E-state index contributed by atoms with van der Waals surface area (Å²) in [5.41, 5.74) is -0.464. The minimum Gasteiger partial charge on any atom is -0.495 e. The van der Waals surface area contributed by atoms with Crippen LogP contribution in [0.15, 0.2) is 36.4 Å². The van der Waals surface area contributed by atoms with E-state index >= 15 is 0 Å². The smallest absolute Gasteiger partial charge is 0.416 e. The van der Waals surface area contributed by atoms with Crippen LogP contribution in [0.3, 0.4) is 0 Å². The number of rotatable bonds is 5. The van der Waals surface area contributed by atoms with Crippen molar-refractivity contribution in [3.05, 3.63) is 52.0 Å². The topological polar surface area (TPSA) is 50.4 Å². The highest BCUT2D eigenvalue weighted by molar-refractivity contribution is 6.33. The quantitative estimate of drug-likeness (QED) is 0.746. The average molecular weight is 393 g/mol. The van der Waals surface area contributed by atoms with E-state index in [-0.39, 0.29) is 17.3 Å². The molecular formula is C16H13Cl2F3N2O2. The summed E-state index contributed by atoms with van der Waals surface area (Å²) in [4.78, 5) is 11.9. The van der Waals surface area contributed by atoms with Gasteiger partial charge in [0.05, 0.1) is 35.0 Å². The van der Waals surface area contributed by atoms with Crippen LogP contribution in [-0.4, -0.2) is 19.6 Å². The van der Waals surface area contributed by atoms with Gasteiger partial charge in [-0.05, 0) is 36.4 Å². The Balaban J connectivity index is 2.02. The molecule has 2 N–H and O–H groups in total. The molecule has 25 heavy (non-hydrogen) atoms. The van der Waals surface area contributed by atoms with Gasteiger partial charge in [0.25, 0.3) is 0 Å². The van der Waals surface area contributed by atoms with Crippen LogP contribution in [0.25, 0.3) is 0 Å². The summed E-state index contributed by atoms with van der Waals surface area (Å²) in [6, 6.07) is 7.53. The summed E-state index contributed by atoms with van der Waals surface area (Å²) < 4.78 is 43.2. The first-order valence-corrected chi connectivity index (χ1v) is 7.70. The van der Waals surface area contributed by atoms with E-state index in [4.69, 9.17) is 27.9 Å². The summed E-state index contributed by atoms with van der Waals surface area (Å²) in [5.74, 6) is -0.0828. The summed E-state index contributed by atoms with van der Waals surface area (Å²) in [7, 11) is 1.47. The lowest BCUT2D eigenvalue weighted by atomic mass is 10.2. The predicted molar refractivity (Wildman–Crippen MR) is 91.6 cm³/mol. The molecule has 0 saturated carbocycles. The molecule has 4 nitrogen and oxygen atoms in total. The second-order valence-corrected chi connectivity index (χ2v) is 5.76. The molecule has 0 aliphatic rings. The molecule has 0 heterocycles. The van der Waals surface area contributed by atoms with E-state index in [1.54, 1.807) is 18.2 Å². The van der Waals surface area contributed by atoms with E-state index in [0.29, 0.717) is 16.5 Å². The molecule has 2 rings (SSSR count). The second-order valence-electron chi connectivity index (χ2n) is 4.94. The number of carbonyl (C=O) groups is 1. The minimum atomic E-state index is -4.53. The summed E-state index contributed by atoms with van der Waals surface area (Å²) in [5, 5.41) is 5.51. The molecule has 1 amide bonds. The van der Waals surface area contributed by atoms with Gasteiger partial charge >= 0.3 is 6.18 Å². The van der Waals surface area contributed by atoms with Crippen LogP contribution in [0.2, 0.25) is 10.0 Å². The maximum Gasteiger partial charge on any atom is 0.416 e. The van der Waals surface area contributed by atoms with Crippen molar-refractivity contribution in [2.24, 2.45) is 0 Å². The normalized spacial score (nSPS) is 11.1. The van der Waals surface area contributed by atoms with Gasteiger partial charge in [-0.3, -0.25) is 4.79 Å². The fourth-order valence-corrected chi connectivity index (χ4v) is 2.37. The van der Waals surface area contributed by atoms with E-state index < -0.39 is 17.6 Å². The van der Waals surface area contributed by atoms with E-state index in [9.17, 15) is 18.0 Å². The molecule has 0 radical (unpaired) electrons. The van der Waals surface area contributed by atoms with Crippen LogP contribution < -0.4 is 15.4 Å². The monoisotopic (exact) mass is 392 g/mol. The Morgan fingerprint density at radius 3 is 2.44 bits per heavy atom. The van der Waals surface area contributed by atoms with Gasteiger partial charge in [-0.1, -0.05) is 23.2 Å². The number of anilines is 2. The molecule has 0 unspecified atom stereocenters. The van der Waals surface area contributed by atoms with Crippen LogP contribution >= 0.6 is 23.2 Å². The predicted octanol–water partition coefficient (Wildman–Crippen LogP) is 5.07. The number of methoxy groups -OCH3 is 1. The van der Waals surface area contributed by atoms with Crippen molar-refractivity contribution in [3.8, 4) is 5.75 Å². The largest absolute Gasteiger partial charge is 0.495 e. The number of hydrogen-bond donors (Lipinski definition) is 2. The van der Waals surface area contributed by atoms with Gasteiger partial charge in [0.1, 0.15) is 5.75 Å². The molecule has 0 spiro atoms. The molecule has 0 aliphatic heterocycles. The third kappa shape index (κ3) is 5.17. The second kappa shape index (κ2) is 7.84. The number of ether oxygens (including phenoxy) is 1. The molecule has 0 atom stereocenters. The fourth-order valence-electron chi connectivity index (χ4n) is 1.95. The molecule has 0 aliphatic carbocycles. The Morgan fingerprint density at radius 1 is 1.12 bits per heavy atom. The third-order valence-electron chi connectivity index (χ3n) is 3.17. The maximum absolute atomic E-state index is 12.7. The van der Waals surface area contributed by atoms with Crippen molar-refractivity contribution in [2.45, 2.75) is 6.18 Å². The van der Waals surface area contributed by atoms with Gasteiger partial charge in [-0.15, -0.1) is 0 Å².